The van der Waals surface area contributed by atoms with Gasteiger partial charge in [-0.1, -0.05) is 6.07 Å². The molecule has 0 saturated carbocycles. The molecule has 0 radical (unpaired) electrons. The molecule has 0 aliphatic rings. The normalized spacial score (nSPS) is 12.0. The van der Waals surface area contributed by atoms with Gasteiger partial charge < -0.3 is 15.2 Å². The van der Waals surface area contributed by atoms with E-state index in [1.165, 1.54) is 20.4 Å². The summed E-state index contributed by atoms with van der Waals surface area (Å²) in [5.74, 6) is 0.722. The lowest BCUT2D eigenvalue weighted by Gasteiger charge is -2.14. The molecule has 0 aromatic carbocycles. The van der Waals surface area contributed by atoms with Gasteiger partial charge in [0.2, 0.25) is 11.8 Å². The maximum Gasteiger partial charge on any atom is 0.240 e. The van der Waals surface area contributed by atoms with Gasteiger partial charge in [-0.2, -0.15) is 4.98 Å². The summed E-state index contributed by atoms with van der Waals surface area (Å²) in [5.41, 5.74) is 8.31. The Labute approximate surface area is 111 Å². The van der Waals surface area contributed by atoms with Crippen LogP contribution in [-0.2, 0) is 0 Å². The Morgan fingerprint density at radius 2 is 1.95 bits per heavy atom. The van der Waals surface area contributed by atoms with Crippen molar-refractivity contribution in [3.05, 3.63) is 41.5 Å². The van der Waals surface area contributed by atoms with Crippen LogP contribution in [0.3, 0.4) is 0 Å². The van der Waals surface area contributed by atoms with Gasteiger partial charge in [-0.3, -0.25) is 4.98 Å². The Bertz CT molecular complexity index is 574. The van der Waals surface area contributed by atoms with E-state index >= 15 is 0 Å². The first-order valence-electron chi connectivity index (χ1n) is 5.79. The van der Waals surface area contributed by atoms with E-state index in [0.717, 1.165) is 11.4 Å². The lowest BCUT2D eigenvalue weighted by atomic mass is 10.1. The third-order valence-corrected chi connectivity index (χ3v) is 2.67. The molecule has 6 heteroatoms. The predicted octanol–water partition coefficient (Wildman–Crippen LogP) is 1.25. The van der Waals surface area contributed by atoms with Gasteiger partial charge >= 0.3 is 0 Å². The van der Waals surface area contributed by atoms with Crippen molar-refractivity contribution >= 4 is 0 Å². The van der Waals surface area contributed by atoms with Crippen molar-refractivity contribution in [1.82, 2.24) is 15.0 Å². The quantitative estimate of drug-likeness (QED) is 0.890. The molecule has 2 rings (SSSR count). The molecule has 19 heavy (non-hydrogen) atoms. The number of aromatic nitrogens is 3. The molecule has 0 aliphatic heterocycles. The highest BCUT2D eigenvalue weighted by atomic mass is 16.5. The van der Waals surface area contributed by atoms with Crippen molar-refractivity contribution < 1.29 is 9.47 Å². The van der Waals surface area contributed by atoms with Crippen LogP contribution in [0.25, 0.3) is 0 Å². The number of nitrogens with zero attached hydrogens (tertiary/aromatic N) is 3. The molecule has 0 amide bonds. The highest BCUT2D eigenvalue weighted by Gasteiger charge is 2.19. The van der Waals surface area contributed by atoms with E-state index in [1.807, 2.05) is 25.1 Å². The molecule has 2 heterocycles. The Kier molecular flexibility index (Phi) is 3.91. The maximum absolute atomic E-state index is 6.17. The molecule has 0 saturated heterocycles. The van der Waals surface area contributed by atoms with Crippen LogP contribution in [0.2, 0.25) is 0 Å². The van der Waals surface area contributed by atoms with Gasteiger partial charge in [0.1, 0.15) is 5.69 Å². The second-order valence-corrected chi connectivity index (χ2v) is 3.99. The summed E-state index contributed by atoms with van der Waals surface area (Å²) < 4.78 is 10.2. The Morgan fingerprint density at radius 1 is 1.16 bits per heavy atom. The zero-order valence-electron chi connectivity index (χ0n) is 11.1. The van der Waals surface area contributed by atoms with E-state index in [4.69, 9.17) is 15.2 Å². The van der Waals surface area contributed by atoms with E-state index in [0.29, 0.717) is 17.5 Å². The minimum absolute atomic E-state index is 0.343. The SMILES string of the molecule is COc1cnc(C(N)c2cccc(C)n2)c(OC)n1. The number of hydrogen-bond donors (Lipinski definition) is 1. The lowest BCUT2D eigenvalue weighted by molar-refractivity contribution is 0.355. The summed E-state index contributed by atoms with van der Waals surface area (Å²) in [6.07, 6.45) is 1.51. The molecular formula is C13H16N4O2. The molecule has 2 aromatic rings. The molecule has 1 atom stereocenters. The molecule has 0 fully saturated rings. The van der Waals surface area contributed by atoms with Gasteiger partial charge in [0.15, 0.2) is 0 Å². The van der Waals surface area contributed by atoms with Crippen LogP contribution in [0.15, 0.2) is 24.4 Å². The summed E-state index contributed by atoms with van der Waals surface area (Å²) in [5, 5.41) is 0. The first-order valence-corrected chi connectivity index (χ1v) is 5.79. The maximum atomic E-state index is 6.17. The summed E-state index contributed by atoms with van der Waals surface area (Å²) in [4.78, 5) is 12.8. The average molecular weight is 260 g/mol. The number of pyridine rings is 1. The fourth-order valence-electron chi connectivity index (χ4n) is 1.71. The summed E-state index contributed by atoms with van der Waals surface area (Å²) in [7, 11) is 3.04. The second-order valence-electron chi connectivity index (χ2n) is 3.99. The minimum atomic E-state index is -0.492. The number of ether oxygens (including phenoxy) is 2. The van der Waals surface area contributed by atoms with Crippen molar-refractivity contribution in [3.8, 4) is 11.8 Å². The first-order chi connectivity index (χ1) is 9.15. The monoisotopic (exact) mass is 260 g/mol. The molecule has 6 nitrogen and oxygen atoms in total. The lowest BCUT2D eigenvalue weighted by Crippen LogP contribution is -2.17. The van der Waals surface area contributed by atoms with Crippen molar-refractivity contribution in [2.75, 3.05) is 14.2 Å². The smallest absolute Gasteiger partial charge is 0.240 e. The van der Waals surface area contributed by atoms with Gasteiger partial charge in [-0.25, -0.2) is 4.98 Å². The number of nitrogens with two attached hydrogens (primary N) is 1. The number of hydrogen-bond acceptors (Lipinski definition) is 6. The van der Waals surface area contributed by atoms with Crippen LogP contribution in [0.5, 0.6) is 11.8 Å². The van der Waals surface area contributed by atoms with Crippen LogP contribution >= 0.6 is 0 Å². The van der Waals surface area contributed by atoms with Crippen molar-refractivity contribution in [2.24, 2.45) is 5.73 Å². The van der Waals surface area contributed by atoms with Crippen LogP contribution in [0, 0.1) is 6.92 Å². The molecule has 1 unspecified atom stereocenters. The zero-order chi connectivity index (χ0) is 13.8. The van der Waals surface area contributed by atoms with E-state index in [1.54, 1.807) is 0 Å². The van der Waals surface area contributed by atoms with E-state index in [9.17, 15) is 0 Å². The van der Waals surface area contributed by atoms with Gasteiger partial charge in [0.25, 0.3) is 0 Å². The summed E-state index contributed by atoms with van der Waals surface area (Å²) >= 11 is 0. The predicted molar refractivity (Wildman–Crippen MR) is 70.1 cm³/mol. The Hall–Kier alpha value is -2.21. The second kappa shape index (κ2) is 5.62. The van der Waals surface area contributed by atoms with Crippen LogP contribution in [-0.4, -0.2) is 29.2 Å². The minimum Gasteiger partial charge on any atom is -0.480 e. The number of aryl methyl sites for hydroxylation is 1. The highest BCUT2D eigenvalue weighted by Crippen LogP contribution is 2.25. The number of methoxy groups -OCH3 is 2. The van der Waals surface area contributed by atoms with Crippen LogP contribution in [0.4, 0.5) is 0 Å². The largest absolute Gasteiger partial charge is 0.480 e. The average Bonchev–Trinajstić information content (AvgIpc) is 2.45. The standard InChI is InChI=1S/C13H16N4O2/c1-8-5-4-6-9(16-8)11(14)12-13(19-3)17-10(18-2)7-15-12/h4-7,11H,14H2,1-3H3. The Morgan fingerprint density at radius 3 is 2.58 bits per heavy atom. The third kappa shape index (κ3) is 2.79. The van der Waals surface area contributed by atoms with Gasteiger partial charge in [0, 0.05) is 5.69 Å². The molecule has 0 spiro atoms. The summed E-state index contributed by atoms with van der Waals surface area (Å²) in [6, 6.07) is 5.17. The summed E-state index contributed by atoms with van der Waals surface area (Å²) in [6.45, 7) is 1.91. The molecule has 100 valence electrons. The fourth-order valence-corrected chi connectivity index (χ4v) is 1.71. The topological polar surface area (TPSA) is 83.2 Å². The third-order valence-electron chi connectivity index (χ3n) is 2.67. The van der Waals surface area contributed by atoms with Crippen LogP contribution in [0.1, 0.15) is 23.1 Å². The van der Waals surface area contributed by atoms with Gasteiger partial charge in [-0.15, -0.1) is 0 Å². The molecule has 2 N–H and O–H groups in total. The van der Waals surface area contributed by atoms with Crippen molar-refractivity contribution in [2.45, 2.75) is 13.0 Å². The van der Waals surface area contributed by atoms with Crippen molar-refractivity contribution in [1.29, 1.82) is 0 Å². The van der Waals surface area contributed by atoms with Gasteiger partial charge in [0.05, 0.1) is 32.2 Å². The number of rotatable bonds is 4. The Balaban J connectivity index is 2.40. The fraction of sp³-hybridized carbons (Fsp3) is 0.308. The van der Waals surface area contributed by atoms with Crippen molar-refractivity contribution in [3.63, 3.8) is 0 Å². The van der Waals surface area contributed by atoms with E-state index in [2.05, 4.69) is 15.0 Å². The van der Waals surface area contributed by atoms with Crippen LogP contribution < -0.4 is 15.2 Å². The highest BCUT2D eigenvalue weighted by molar-refractivity contribution is 5.31. The van der Waals surface area contributed by atoms with E-state index < -0.39 is 6.04 Å². The molecule has 2 aromatic heterocycles. The molecule has 0 aliphatic carbocycles. The van der Waals surface area contributed by atoms with Gasteiger partial charge in [-0.05, 0) is 19.1 Å². The van der Waals surface area contributed by atoms with E-state index in [-0.39, 0.29) is 0 Å². The molecular weight excluding hydrogens is 244 g/mol. The molecule has 0 bridgehead atoms. The zero-order valence-corrected chi connectivity index (χ0v) is 11.1. The first kappa shape index (κ1) is 13.2.